The van der Waals surface area contributed by atoms with E-state index in [0.29, 0.717) is 27.2 Å². The zero-order valence-corrected chi connectivity index (χ0v) is 17.5. The highest BCUT2D eigenvalue weighted by Gasteiger charge is 2.13. The molecule has 1 N–H and O–H groups in total. The number of benzene rings is 3. The minimum atomic E-state index is -0.0307. The second-order valence-electron chi connectivity index (χ2n) is 6.87. The van der Waals surface area contributed by atoms with E-state index in [9.17, 15) is 10.1 Å². The molecular weight excluding hydrogens is 416 g/mol. The van der Waals surface area contributed by atoms with Crippen LogP contribution in [0.5, 0.6) is 0 Å². The number of fused-ring (bicyclic) bond motifs is 2. The van der Waals surface area contributed by atoms with Crippen molar-refractivity contribution in [3.63, 3.8) is 0 Å². The molecule has 154 valence electrons. The fourth-order valence-corrected chi connectivity index (χ4v) is 3.31. The number of nitrogens with zero attached hydrogens (tertiary/aromatic N) is 5. The van der Waals surface area contributed by atoms with Gasteiger partial charge in [-0.25, -0.2) is 9.97 Å². The van der Waals surface area contributed by atoms with Gasteiger partial charge in [0.1, 0.15) is 11.0 Å². The summed E-state index contributed by atoms with van der Waals surface area (Å²) in [5.74, 6) is 0.576. The molecule has 0 aliphatic carbocycles. The average Bonchev–Trinajstić information content (AvgIpc) is 2.76. The summed E-state index contributed by atoms with van der Waals surface area (Å²) < 4.78 is 0.762. The first-order valence-electron chi connectivity index (χ1n) is 9.44. The molecule has 2 aromatic heterocycles. The Hall–Kier alpha value is -3.91. The predicted molar refractivity (Wildman–Crippen MR) is 118 cm³/mol. The fourth-order valence-electron chi connectivity index (χ4n) is 3.16. The lowest BCUT2D eigenvalue weighted by Crippen LogP contribution is -2.32. The molecule has 0 saturated carbocycles. The molecular formula is C22H18ClN6O2+. The number of hydrogen-bond donors (Lipinski definition) is 1. The van der Waals surface area contributed by atoms with Gasteiger partial charge in [-0.2, -0.15) is 0 Å². The zero-order valence-electron chi connectivity index (χ0n) is 16.8. The molecule has 0 spiro atoms. The molecule has 5 aromatic rings. The van der Waals surface area contributed by atoms with Gasteiger partial charge < -0.3 is 5.21 Å². The van der Waals surface area contributed by atoms with Crippen molar-refractivity contribution in [1.82, 2.24) is 20.2 Å². The Morgan fingerprint density at radius 2 is 1.45 bits per heavy atom. The molecule has 0 radical (unpaired) electrons. The molecule has 0 aliphatic rings. The summed E-state index contributed by atoms with van der Waals surface area (Å²) in [6.07, 6.45) is 0. The summed E-state index contributed by atoms with van der Waals surface area (Å²) in [5.41, 5.74) is 5.10. The van der Waals surface area contributed by atoms with Gasteiger partial charge in [-0.3, -0.25) is 0 Å². The van der Waals surface area contributed by atoms with E-state index in [1.807, 2.05) is 62.4 Å². The summed E-state index contributed by atoms with van der Waals surface area (Å²) in [7, 11) is 0. The van der Waals surface area contributed by atoms with Crippen LogP contribution in [0.3, 0.4) is 0 Å². The largest absolute Gasteiger partial charge is 0.594 e. The fraction of sp³-hybridized carbons (Fsp3) is 0.0909. The zero-order chi connectivity index (χ0) is 22.0. The van der Waals surface area contributed by atoms with Crippen molar-refractivity contribution in [3.8, 4) is 11.4 Å². The number of aromatic nitrogens is 6. The van der Waals surface area contributed by atoms with Gasteiger partial charge in [0.15, 0.2) is 10.4 Å². The first-order valence-corrected chi connectivity index (χ1v) is 9.82. The highest BCUT2D eigenvalue weighted by atomic mass is 35.5. The smallest absolute Gasteiger partial charge is 0.318 e. The average molecular weight is 434 g/mol. The lowest BCUT2D eigenvalue weighted by atomic mass is 10.2. The minimum absolute atomic E-state index is 0.0307. The van der Waals surface area contributed by atoms with E-state index in [1.54, 1.807) is 18.2 Å². The van der Waals surface area contributed by atoms with Gasteiger partial charge in [0, 0.05) is 22.8 Å². The summed E-state index contributed by atoms with van der Waals surface area (Å²) >= 11 is 5.55. The number of hydrogen-bond acceptors (Lipinski definition) is 5. The number of para-hydroxylation sites is 2. The Kier molecular flexibility index (Phi) is 5.55. The second-order valence-corrected chi connectivity index (χ2v) is 7.21. The molecule has 0 atom stereocenters. The molecule has 3 aromatic carbocycles. The van der Waals surface area contributed by atoms with Crippen LogP contribution in [-0.2, 0) is 0 Å². The molecule has 0 bridgehead atoms. The molecule has 31 heavy (non-hydrogen) atoms. The molecule has 0 fully saturated rings. The molecule has 0 aliphatic heterocycles. The van der Waals surface area contributed by atoms with Crippen LogP contribution in [0.4, 0.5) is 0 Å². The Labute approximate surface area is 182 Å². The second kappa shape index (κ2) is 8.45. The van der Waals surface area contributed by atoms with Crippen LogP contribution in [0.25, 0.3) is 33.5 Å². The van der Waals surface area contributed by atoms with E-state index < -0.39 is 0 Å². The standard InChI is InChI=1S/C14H12N3O.C8H6ClN3O/c1-10-6-5-9-12-13(10)15-14(16-17(12)18)11-7-3-2-4-8-11;1-5-3-2-4-6-7(5)10-8(9)11-12(6)13/h2-9H,1H3,(H,15,16,18);2-4H,1H3/q+1;. The van der Waals surface area contributed by atoms with Crippen molar-refractivity contribution in [3.05, 3.63) is 93.3 Å². The van der Waals surface area contributed by atoms with E-state index >= 15 is 0 Å². The maximum atomic E-state index is 11.9. The maximum absolute atomic E-state index is 11.9. The van der Waals surface area contributed by atoms with Gasteiger partial charge in [-0.1, -0.05) is 59.7 Å². The monoisotopic (exact) mass is 433 g/mol. The van der Waals surface area contributed by atoms with Crippen LogP contribution < -0.4 is 9.39 Å². The van der Waals surface area contributed by atoms with Crippen LogP contribution in [0.1, 0.15) is 11.1 Å². The third-order valence-electron chi connectivity index (χ3n) is 4.71. The summed E-state index contributed by atoms with van der Waals surface area (Å²) in [4.78, 5) is 20.9. The van der Waals surface area contributed by atoms with Crippen LogP contribution >= 0.6 is 11.6 Å². The number of halogens is 1. The Morgan fingerprint density at radius 3 is 2.13 bits per heavy atom. The molecule has 9 heteroatoms. The third kappa shape index (κ3) is 4.19. The first kappa shape index (κ1) is 20.4. The van der Waals surface area contributed by atoms with E-state index in [-0.39, 0.29) is 5.28 Å². The summed E-state index contributed by atoms with van der Waals surface area (Å²) in [5, 5.41) is 17.4. The van der Waals surface area contributed by atoms with Gasteiger partial charge >= 0.3 is 5.52 Å². The quantitative estimate of drug-likeness (QED) is 0.321. The first-order chi connectivity index (χ1) is 14.9. The Morgan fingerprint density at radius 1 is 0.839 bits per heavy atom. The van der Waals surface area contributed by atoms with Gasteiger partial charge in [-0.05, 0) is 41.4 Å². The van der Waals surface area contributed by atoms with Crippen molar-refractivity contribution in [2.24, 2.45) is 0 Å². The van der Waals surface area contributed by atoms with E-state index in [2.05, 4.69) is 20.2 Å². The van der Waals surface area contributed by atoms with Crippen LogP contribution in [0, 0.1) is 24.0 Å². The molecule has 2 heterocycles. The number of aryl methyl sites for hydroxylation is 2. The topological polar surface area (TPSA) is 104 Å². The number of H-pyrrole nitrogens is 1. The van der Waals surface area contributed by atoms with Gasteiger partial charge in [0.2, 0.25) is 0 Å². The minimum Gasteiger partial charge on any atom is -0.594 e. The number of rotatable bonds is 1. The Bertz CT molecular complexity index is 1450. The van der Waals surface area contributed by atoms with Crippen LogP contribution in [0.2, 0.25) is 5.28 Å². The molecule has 0 amide bonds. The van der Waals surface area contributed by atoms with Gasteiger partial charge in [0.05, 0.1) is 4.91 Å². The number of nitrogens with one attached hydrogen (secondary N) is 1. The lowest BCUT2D eigenvalue weighted by molar-refractivity contribution is -0.642. The molecule has 0 unspecified atom stereocenters. The van der Waals surface area contributed by atoms with Crippen molar-refractivity contribution in [2.75, 3.05) is 0 Å². The van der Waals surface area contributed by atoms with E-state index in [4.69, 9.17) is 11.6 Å². The predicted octanol–water partition coefficient (Wildman–Crippen LogP) is 3.68. The summed E-state index contributed by atoms with van der Waals surface area (Å²) in [6, 6.07) is 20.5. The normalized spacial score (nSPS) is 10.7. The van der Waals surface area contributed by atoms with Gasteiger partial charge in [0.25, 0.3) is 10.8 Å². The van der Waals surface area contributed by atoms with E-state index in [1.165, 1.54) is 0 Å². The molecule has 0 saturated heterocycles. The van der Waals surface area contributed by atoms with Gasteiger partial charge in [-0.15, -0.1) is 0 Å². The Balaban J connectivity index is 0.000000158. The third-order valence-corrected chi connectivity index (χ3v) is 4.87. The highest BCUT2D eigenvalue weighted by Crippen LogP contribution is 2.17. The summed E-state index contributed by atoms with van der Waals surface area (Å²) in [6.45, 7) is 3.82. The molecule has 8 nitrogen and oxygen atoms in total. The number of aromatic amines is 1. The SMILES string of the molecule is Cc1cccc2c1nc(-c1ccccc1)[nH][n+]2=O.Cc1cccc2c1nc(Cl)n[n+]2[O-]. The maximum Gasteiger partial charge on any atom is 0.318 e. The lowest BCUT2D eigenvalue weighted by Gasteiger charge is -2.00. The molecule has 5 rings (SSSR count). The van der Waals surface area contributed by atoms with Crippen LogP contribution in [-0.4, -0.2) is 20.2 Å². The van der Waals surface area contributed by atoms with Crippen molar-refractivity contribution >= 4 is 33.7 Å². The van der Waals surface area contributed by atoms with E-state index in [0.717, 1.165) is 26.7 Å². The van der Waals surface area contributed by atoms with Crippen molar-refractivity contribution in [1.29, 1.82) is 0 Å². The van der Waals surface area contributed by atoms with Crippen molar-refractivity contribution in [2.45, 2.75) is 13.8 Å². The van der Waals surface area contributed by atoms with Crippen molar-refractivity contribution < 1.29 is 9.39 Å². The highest BCUT2D eigenvalue weighted by molar-refractivity contribution is 6.28. The van der Waals surface area contributed by atoms with Crippen LogP contribution in [0.15, 0.2) is 66.7 Å².